The van der Waals surface area contributed by atoms with Crippen LogP contribution in [0, 0.1) is 17.7 Å². The van der Waals surface area contributed by atoms with E-state index in [2.05, 4.69) is 15.7 Å². The number of benzene rings is 2. The molecule has 0 radical (unpaired) electrons. The Morgan fingerprint density at radius 2 is 1.57 bits per heavy atom. The summed E-state index contributed by atoms with van der Waals surface area (Å²) in [5.74, 6) is -0.893. The van der Waals surface area contributed by atoms with Gasteiger partial charge in [0.05, 0.1) is 17.6 Å². The zero-order valence-corrected chi connectivity index (χ0v) is 29.1. The molecule has 12 nitrogen and oxygen atoms in total. The van der Waals surface area contributed by atoms with E-state index in [4.69, 9.17) is 9.47 Å². The molecule has 2 saturated heterocycles. The summed E-state index contributed by atoms with van der Waals surface area (Å²) < 4.78 is 25.7. The normalized spacial score (nSPS) is 20.1. The van der Waals surface area contributed by atoms with Crippen molar-refractivity contribution in [3.8, 4) is 0 Å². The topological polar surface area (TPSA) is 135 Å². The van der Waals surface area contributed by atoms with Crippen LogP contribution < -0.4 is 10.6 Å². The van der Waals surface area contributed by atoms with Crippen LogP contribution in [0.3, 0.4) is 0 Å². The zero-order valence-electron chi connectivity index (χ0n) is 29.1. The third-order valence-electron chi connectivity index (χ3n) is 8.56. The molecule has 0 spiro atoms. The van der Waals surface area contributed by atoms with E-state index in [1.54, 1.807) is 76.8 Å². The Kier molecular flexibility index (Phi) is 10.5. The van der Waals surface area contributed by atoms with Crippen molar-refractivity contribution in [3.05, 3.63) is 60.0 Å². The summed E-state index contributed by atoms with van der Waals surface area (Å²) in [4.78, 5) is 56.5. The molecule has 2 fully saturated rings. The number of rotatable bonds is 5. The van der Waals surface area contributed by atoms with E-state index >= 15 is 0 Å². The van der Waals surface area contributed by atoms with Crippen LogP contribution in [0.25, 0.3) is 10.9 Å². The first kappa shape index (κ1) is 35.6. The number of hydrogen-bond acceptors (Lipinski definition) is 7. The average molecular weight is 679 g/mol. The fourth-order valence-electron chi connectivity index (χ4n) is 6.38. The molecule has 2 aliphatic heterocycles. The SMILES string of the molecule is CC(C)(C)OC(=O)N1CC[C@@H](NC(=O)Nc2ccc3c(cnn3C(=O)OC(C)(C)C)c2)[C@H](C(=O)N2CCC[C@@H](Cc3ccc(F)cc3)C2)C1. The van der Waals surface area contributed by atoms with E-state index in [0.29, 0.717) is 42.6 Å². The molecule has 3 aromatic rings. The van der Waals surface area contributed by atoms with E-state index in [0.717, 1.165) is 24.8 Å². The van der Waals surface area contributed by atoms with E-state index in [1.807, 2.05) is 4.90 Å². The summed E-state index contributed by atoms with van der Waals surface area (Å²) in [6.07, 6.45) is 3.27. The minimum absolute atomic E-state index is 0.105. The van der Waals surface area contributed by atoms with Gasteiger partial charge in [-0.15, -0.1) is 0 Å². The van der Waals surface area contributed by atoms with Crippen LogP contribution >= 0.6 is 0 Å². The molecule has 49 heavy (non-hydrogen) atoms. The van der Waals surface area contributed by atoms with Gasteiger partial charge < -0.3 is 29.9 Å². The predicted molar refractivity (Wildman–Crippen MR) is 183 cm³/mol. The minimum Gasteiger partial charge on any atom is -0.444 e. The molecule has 2 aliphatic rings. The highest BCUT2D eigenvalue weighted by Crippen LogP contribution is 2.27. The van der Waals surface area contributed by atoms with Gasteiger partial charge in [-0.3, -0.25) is 4.79 Å². The number of ether oxygens (including phenoxy) is 2. The van der Waals surface area contributed by atoms with Gasteiger partial charge in [0.15, 0.2) is 0 Å². The molecule has 0 saturated carbocycles. The smallest absolute Gasteiger partial charge is 0.435 e. The third kappa shape index (κ3) is 9.48. The fraction of sp³-hybridized carbons (Fsp3) is 0.528. The lowest BCUT2D eigenvalue weighted by Gasteiger charge is -2.42. The summed E-state index contributed by atoms with van der Waals surface area (Å²) in [5.41, 5.74) is 0.635. The fourth-order valence-corrected chi connectivity index (χ4v) is 6.38. The molecule has 0 unspecified atom stereocenters. The van der Waals surface area contributed by atoms with Crippen molar-refractivity contribution in [1.29, 1.82) is 0 Å². The number of urea groups is 1. The Labute approximate surface area is 286 Å². The molecule has 13 heteroatoms. The molecule has 264 valence electrons. The molecular weight excluding hydrogens is 631 g/mol. The number of fused-ring (bicyclic) bond motifs is 1. The highest BCUT2D eigenvalue weighted by atomic mass is 19.1. The summed E-state index contributed by atoms with van der Waals surface area (Å²) in [6.45, 7) is 12.2. The Morgan fingerprint density at radius 3 is 2.27 bits per heavy atom. The molecule has 0 bridgehead atoms. The van der Waals surface area contributed by atoms with Gasteiger partial charge >= 0.3 is 18.2 Å². The monoisotopic (exact) mass is 678 g/mol. The molecular formula is C36H47FN6O6. The summed E-state index contributed by atoms with van der Waals surface area (Å²) in [7, 11) is 0. The van der Waals surface area contributed by atoms with Gasteiger partial charge in [0, 0.05) is 43.3 Å². The van der Waals surface area contributed by atoms with Gasteiger partial charge in [0.2, 0.25) is 5.91 Å². The van der Waals surface area contributed by atoms with Crippen LogP contribution in [0.2, 0.25) is 0 Å². The van der Waals surface area contributed by atoms with Gasteiger partial charge in [-0.25, -0.2) is 18.8 Å². The van der Waals surface area contributed by atoms with Gasteiger partial charge in [0.1, 0.15) is 17.0 Å². The zero-order chi connectivity index (χ0) is 35.5. The summed E-state index contributed by atoms with van der Waals surface area (Å²) in [6, 6.07) is 10.4. The van der Waals surface area contributed by atoms with E-state index in [-0.39, 0.29) is 24.2 Å². The van der Waals surface area contributed by atoms with Crippen LogP contribution in [0.5, 0.6) is 0 Å². The first-order valence-electron chi connectivity index (χ1n) is 16.8. The lowest BCUT2D eigenvalue weighted by Crippen LogP contribution is -2.59. The second kappa shape index (κ2) is 14.4. The Balaban J connectivity index is 1.28. The number of likely N-dealkylation sites (tertiary alicyclic amines) is 2. The highest BCUT2D eigenvalue weighted by Gasteiger charge is 2.41. The van der Waals surface area contributed by atoms with Crippen LogP contribution in [0.15, 0.2) is 48.7 Å². The Hall–Kier alpha value is -4.68. The van der Waals surface area contributed by atoms with Gasteiger partial charge in [-0.1, -0.05) is 12.1 Å². The predicted octanol–water partition coefficient (Wildman–Crippen LogP) is 6.19. The number of aromatic nitrogens is 2. The van der Waals surface area contributed by atoms with Crippen molar-refractivity contribution >= 4 is 40.7 Å². The van der Waals surface area contributed by atoms with Gasteiger partial charge in [0.25, 0.3) is 0 Å². The number of hydrogen-bond donors (Lipinski definition) is 2. The summed E-state index contributed by atoms with van der Waals surface area (Å²) >= 11 is 0. The first-order valence-corrected chi connectivity index (χ1v) is 16.8. The van der Waals surface area contributed by atoms with Crippen molar-refractivity contribution in [3.63, 3.8) is 0 Å². The molecule has 2 N–H and O–H groups in total. The quantitative estimate of drug-likeness (QED) is 0.329. The van der Waals surface area contributed by atoms with E-state index in [1.165, 1.54) is 23.0 Å². The van der Waals surface area contributed by atoms with Crippen LogP contribution in [0.1, 0.15) is 66.4 Å². The largest absolute Gasteiger partial charge is 0.444 e. The van der Waals surface area contributed by atoms with E-state index < -0.39 is 41.4 Å². The number of amides is 4. The lowest BCUT2D eigenvalue weighted by atomic mass is 9.87. The molecule has 3 atom stereocenters. The Morgan fingerprint density at radius 1 is 0.878 bits per heavy atom. The summed E-state index contributed by atoms with van der Waals surface area (Å²) in [5, 5.41) is 10.6. The van der Waals surface area contributed by atoms with Crippen molar-refractivity contribution in [2.75, 3.05) is 31.5 Å². The van der Waals surface area contributed by atoms with Crippen LogP contribution in [0.4, 0.5) is 24.5 Å². The number of carbonyl (C=O) groups excluding carboxylic acids is 4. The maximum absolute atomic E-state index is 14.2. The average Bonchev–Trinajstić information content (AvgIpc) is 3.44. The number of anilines is 1. The molecule has 1 aromatic heterocycles. The second-order valence-electron chi connectivity index (χ2n) is 15.0. The van der Waals surface area contributed by atoms with Crippen molar-refractivity contribution in [2.24, 2.45) is 11.8 Å². The number of nitrogens with one attached hydrogen (secondary N) is 2. The molecule has 0 aliphatic carbocycles. The highest BCUT2D eigenvalue weighted by molar-refractivity contribution is 5.95. The third-order valence-corrected chi connectivity index (χ3v) is 8.56. The standard InChI is InChI=1S/C36H47FN6O6/c1-35(2,3)48-33(46)42-17-15-29(28(22-42)31(44)41-16-7-8-24(21-41)18-23-9-11-26(37)12-10-23)40-32(45)39-27-13-14-30-25(19-27)20-38-43(30)34(47)49-36(4,5)6/h9-14,19-20,24,28-29H,7-8,15-18,21-22H2,1-6H3,(H2,39,40,45)/t24-,28+,29+/m0/s1. The van der Waals surface area contributed by atoms with Crippen LogP contribution in [-0.2, 0) is 20.7 Å². The molecule has 3 heterocycles. The van der Waals surface area contributed by atoms with Gasteiger partial charge in [-0.2, -0.15) is 9.78 Å². The van der Waals surface area contributed by atoms with Crippen molar-refractivity contribution in [1.82, 2.24) is 24.9 Å². The minimum atomic E-state index is -0.698. The van der Waals surface area contributed by atoms with E-state index in [9.17, 15) is 23.6 Å². The van der Waals surface area contributed by atoms with Crippen molar-refractivity contribution < 1.29 is 33.0 Å². The van der Waals surface area contributed by atoms with Crippen LogP contribution in [-0.4, -0.2) is 87.1 Å². The number of carbonyl (C=O) groups is 4. The maximum atomic E-state index is 14.2. The lowest BCUT2D eigenvalue weighted by molar-refractivity contribution is -0.140. The van der Waals surface area contributed by atoms with Gasteiger partial charge in [-0.05, 0) is 109 Å². The first-order chi connectivity index (χ1) is 23.0. The number of piperidine rings is 2. The molecule has 4 amide bonds. The van der Waals surface area contributed by atoms with Crippen molar-refractivity contribution in [2.45, 2.75) is 84.5 Å². The number of halogens is 1. The second-order valence-corrected chi connectivity index (χ2v) is 15.0. The molecule has 2 aromatic carbocycles. The Bertz CT molecular complexity index is 1680. The maximum Gasteiger partial charge on any atom is 0.435 e. The molecule has 5 rings (SSSR count). The number of nitrogens with zero attached hydrogens (tertiary/aromatic N) is 4.